The molecule has 1 aromatic rings. The normalized spacial score (nSPS) is 9.47. The first-order valence-corrected chi connectivity index (χ1v) is 5.01. The van der Waals surface area contributed by atoms with Crippen LogP contribution in [0.1, 0.15) is 10.4 Å². The minimum atomic E-state index is -0.613. The highest BCUT2D eigenvalue weighted by Gasteiger charge is 2.04. The highest BCUT2D eigenvalue weighted by atomic mass is 16.2. The van der Waals surface area contributed by atoms with E-state index in [0.717, 1.165) is 5.69 Å². The van der Waals surface area contributed by atoms with Crippen LogP contribution in [0.5, 0.6) is 0 Å². The van der Waals surface area contributed by atoms with Crippen LogP contribution in [0, 0.1) is 0 Å². The van der Waals surface area contributed by atoms with E-state index in [1.165, 1.54) is 0 Å². The van der Waals surface area contributed by atoms with E-state index < -0.39 is 6.03 Å². The number of carbonyl (C=O) groups is 2. The van der Waals surface area contributed by atoms with Gasteiger partial charge < -0.3 is 21.8 Å². The van der Waals surface area contributed by atoms with Crippen molar-refractivity contribution in [3.63, 3.8) is 0 Å². The van der Waals surface area contributed by atoms with Gasteiger partial charge in [-0.25, -0.2) is 4.79 Å². The second-order valence-electron chi connectivity index (χ2n) is 3.27. The van der Waals surface area contributed by atoms with Crippen molar-refractivity contribution in [2.45, 2.75) is 0 Å². The van der Waals surface area contributed by atoms with E-state index in [4.69, 9.17) is 11.6 Å². The van der Waals surface area contributed by atoms with Gasteiger partial charge >= 0.3 is 6.03 Å². The molecule has 0 saturated heterocycles. The molecule has 0 aliphatic carbocycles. The number of amides is 3. The number of hydrogen-bond donors (Lipinski definition) is 5. The van der Waals surface area contributed by atoms with Crippen molar-refractivity contribution < 1.29 is 9.59 Å². The highest BCUT2D eigenvalue weighted by molar-refractivity contribution is 5.94. The van der Waals surface area contributed by atoms with E-state index in [1.54, 1.807) is 24.3 Å². The molecule has 0 atom stereocenters. The van der Waals surface area contributed by atoms with Crippen molar-refractivity contribution in [3.8, 4) is 0 Å². The standard InChI is InChI=1S/C10H15N5O2/c11-10(17)14-6-5-13-9(16)7-1-3-8(15-12)4-2-7/h1-4,15H,5-6,12H2,(H,13,16)(H3,11,14,17). The van der Waals surface area contributed by atoms with Crippen LogP contribution in [0.3, 0.4) is 0 Å². The number of rotatable bonds is 5. The third-order valence-electron chi connectivity index (χ3n) is 2.02. The van der Waals surface area contributed by atoms with Crippen LogP contribution in [0.2, 0.25) is 0 Å². The molecule has 3 amide bonds. The summed E-state index contributed by atoms with van der Waals surface area (Å²) in [5, 5.41) is 5.00. The molecule has 0 aliphatic rings. The molecule has 7 nitrogen and oxygen atoms in total. The SMILES string of the molecule is NNc1ccc(C(=O)NCCNC(N)=O)cc1. The number of benzene rings is 1. The van der Waals surface area contributed by atoms with Gasteiger partial charge in [-0.05, 0) is 24.3 Å². The van der Waals surface area contributed by atoms with E-state index in [1.807, 2.05) is 0 Å². The van der Waals surface area contributed by atoms with Gasteiger partial charge in [-0.2, -0.15) is 0 Å². The van der Waals surface area contributed by atoms with Crippen molar-refractivity contribution in [1.82, 2.24) is 10.6 Å². The third-order valence-corrected chi connectivity index (χ3v) is 2.02. The number of primary amides is 1. The van der Waals surface area contributed by atoms with E-state index >= 15 is 0 Å². The average Bonchev–Trinajstić information content (AvgIpc) is 2.34. The summed E-state index contributed by atoms with van der Waals surface area (Å²) >= 11 is 0. The summed E-state index contributed by atoms with van der Waals surface area (Å²) in [5.74, 6) is 4.98. The van der Waals surface area contributed by atoms with Gasteiger partial charge in [0.25, 0.3) is 5.91 Å². The Balaban J connectivity index is 2.38. The lowest BCUT2D eigenvalue weighted by Crippen LogP contribution is -2.37. The minimum absolute atomic E-state index is 0.222. The second-order valence-corrected chi connectivity index (χ2v) is 3.27. The van der Waals surface area contributed by atoms with Crippen LogP contribution >= 0.6 is 0 Å². The van der Waals surface area contributed by atoms with Crippen molar-refractivity contribution >= 4 is 17.6 Å². The largest absolute Gasteiger partial charge is 0.352 e. The first-order chi connectivity index (χ1) is 8.13. The van der Waals surface area contributed by atoms with Gasteiger partial charge in [0.1, 0.15) is 0 Å². The maximum Gasteiger partial charge on any atom is 0.312 e. The Morgan fingerprint density at radius 1 is 1.06 bits per heavy atom. The zero-order chi connectivity index (χ0) is 12.7. The van der Waals surface area contributed by atoms with E-state index in [9.17, 15) is 9.59 Å². The number of nitrogens with two attached hydrogens (primary N) is 2. The summed E-state index contributed by atoms with van der Waals surface area (Å²) in [5.41, 5.74) is 8.57. The average molecular weight is 237 g/mol. The molecule has 0 unspecified atom stereocenters. The van der Waals surface area contributed by atoms with Crippen molar-refractivity contribution in [2.75, 3.05) is 18.5 Å². The Labute approximate surface area is 98.5 Å². The van der Waals surface area contributed by atoms with Gasteiger partial charge in [0.2, 0.25) is 0 Å². The first kappa shape index (κ1) is 12.8. The lowest BCUT2D eigenvalue weighted by molar-refractivity contribution is 0.0954. The van der Waals surface area contributed by atoms with E-state index in [2.05, 4.69) is 16.1 Å². The number of anilines is 1. The predicted molar refractivity (Wildman–Crippen MR) is 64.2 cm³/mol. The van der Waals surface area contributed by atoms with Gasteiger partial charge in [-0.1, -0.05) is 0 Å². The molecule has 7 N–H and O–H groups in total. The molecule has 0 aromatic heterocycles. The monoisotopic (exact) mass is 237 g/mol. The zero-order valence-corrected chi connectivity index (χ0v) is 9.19. The molecule has 0 bridgehead atoms. The molecule has 0 fully saturated rings. The first-order valence-electron chi connectivity index (χ1n) is 5.01. The fourth-order valence-electron chi connectivity index (χ4n) is 1.18. The minimum Gasteiger partial charge on any atom is -0.352 e. The molecular formula is C10H15N5O2. The van der Waals surface area contributed by atoms with Gasteiger partial charge in [0.05, 0.1) is 0 Å². The summed E-state index contributed by atoms with van der Waals surface area (Å²) in [6.45, 7) is 0.613. The maximum absolute atomic E-state index is 11.6. The van der Waals surface area contributed by atoms with Crippen LogP contribution in [0.15, 0.2) is 24.3 Å². The fraction of sp³-hybridized carbons (Fsp3) is 0.200. The van der Waals surface area contributed by atoms with E-state index in [-0.39, 0.29) is 5.91 Å². The number of urea groups is 1. The number of nitrogens with one attached hydrogen (secondary N) is 3. The Hall–Kier alpha value is -2.28. The van der Waals surface area contributed by atoms with E-state index in [0.29, 0.717) is 18.7 Å². The lowest BCUT2D eigenvalue weighted by Gasteiger charge is -2.06. The fourth-order valence-corrected chi connectivity index (χ4v) is 1.18. The van der Waals surface area contributed by atoms with Gasteiger partial charge in [0, 0.05) is 24.3 Å². The highest BCUT2D eigenvalue weighted by Crippen LogP contribution is 2.07. The quantitative estimate of drug-likeness (QED) is 0.266. The summed E-state index contributed by atoms with van der Waals surface area (Å²) in [4.78, 5) is 21.9. The van der Waals surface area contributed by atoms with Crippen LogP contribution in [-0.4, -0.2) is 25.0 Å². The molecule has 0 saturated carbocycles. The van der Waals surface area contributed by atoms with Crippen LogP contribution in [0.4, 0.5) is 10.5 Å². The molecule has 0 radical (unpaired) electrons. The van der Waals surface area contributed by atoms with Crippen molar-refractivity contribution in [1.29, 1.82) is 0 Å². The van der Waals surface area contributed by atoms with Crippen LogP contribution in [-0.2, 0) is 0 Å². The number of carbonyl (C=O) groups excluding carboxylic acids is 2. The summed E-state index contributed by atoms with van der Waals surface area (Å²) < 4.78 is 0. The van der Waals surface area contributed by atoms with Gasteiger partial charge in [0.15, 0.2) is 0 Å². The third kappa shape index (κ3) is 4.39. The molecule has 0 spiro atoms. The molecule has 1 aromatic carbocycles. The summed E-state index contributed by atoms with van der Waals surface area (Å²) in [6, 6.07) is 6.06. The summed E-state index contributed by atoms with van der Waals surface area (Å²) in [6.07, 6.45) is 0. The molecule has 0 heterocycles. The summed E-state index contributed by atoms with van der Waals surface area (Å²) in [7, 11) is 0. The van der Waals surface area contributed by atoms with Crippen LogP contribution < -0.4 is 27.6 Å². The molecular weight excluding hydrogens is 222 g/mol. The van der Waals surface area contributed by atoms with Gasteiger partial charge in [-0.3, -0.25) is 10.6 Å². The number of hydrogen-bond acceptors (Lipinski definition) is 4. The Kier molecular flexibility index (Phi) is 4.77. The molecule has 0 aliphatic heterocycles. The maximum atomic E-state index is 11.6. The topological polar surface area (TPSA) is 122 Å². The molecule has 17 heavy (non-hydrogen) atoms. The zero-order valence-electron chi connectivity index (χ0n) is 9.19. The molecule has 1 rings (SSSR count). The lowest BCUT2D eigenvalue weighted by atomic mass is 10.2. The Morgan fingerprint density at radius 2 is 1.65 bits per heavy atom. The Morgan fingerprint density at radius 3 is 2.18 bits per heavy atom. The van der Waals surface area contributed by atoms with Crippen molar-refractivity contribution in [2.24, 2.45) is 11.6 Å². The van der Waals surface area contributed by atoms with Crippen molar-refractivity contribution in [3.05, 3.63) is 29.8 Å². The number of nitrogen functional groups attached to an aromatic ring is 1. The van der Waals surface area contributed by atoms with Crippen LogP contribution in [0.25, 0.3) is 0 Å². The predicted octanol–water partition coefficient (Wildman–Crippen LogP) is -0.630. The number of hydrazine groups is 1. The second kappa shape index (κ2) is 6.33. The van der Waals surface area contributed by atoms with Gasteiger partial charge in [-0.15, -0.1) is 0 Å². The Bertz CT molecular complexity index is 390. The smallest absolute Gasteiger partial charge is 0.312 e. The molecule has 92 valence electrons. The molecule has 7 heteroatoms.